The molecule has 124 valence electrons. The first-order chi connectivity index (χ1) is 10.5. The molecule has 2 aliphatic heterocycles. The lowest BCUT2D eigenvalue weighted by Gasteiger charge is -2.38. The Balaban J connectivity index is 0.00000116. The number of hydrogen-bond donors (Lipinski definition) is 0. The van der Waals surface area contributed by atoms with Crippen molar-refractivity contribution in [3.8, 4) is 0 Å². The average Bonchev–Trinajstić information content (AvgIpc) is 2.98. The minimum atomic E-state index is 0.251. The Labute approximate surface area is 139 Å². The van der Waals surface area contributed by atoms with Crippen LogP contribution in [0.5, 0.6) is 0 Å². The maximum atomic E-state index is 5.89. The molecule has 0 aliphatic carbocycles. The van der Waals surface area contributed by atoms with E-state index in [0.29, 0.717) is 11.2 Å². The Bertz CT molecular complexity index is 459. The number of nitrogens with zero attached hydrogens (tertiary/aromatic N) is 3. The van der Waals surface area contributed by atoms with Crippen LogP contribution in [-0.4, -0.2) is 54.9 Å². The Kier molecular flexibility index (Phi) is 7.69. The second-order valence-corrected chi connectivity index (χ2v) is 5.65. The molecule has 2 aliphatic rings. The second kappa shape index (κ2) is 9.01. The van der Waals surface area contributed by atoms with Crippen LogP contribution in [0, 0.1) is 0 Å². The molecule has 2 saturated heterocycles. The Morgan fingerprint density at radius 3 is 2.55 bits per heavy atom. The number of halogens is 1. The van der Waals surface area contributed by atoms with E-state index in [1.807, 2.05) is 26.8 Å². The van der Waals surface area contributed by atoms with Gasteiger partial charge in [0, 0.05) is 31.0 Å². The van der Waals surface area contributed by atoms with Crippen molar-refractivity contribution in [1.29, 1.82) is 0 Å². The lowest BCUT2D eigenvalue weighted by atomic mass is 10.1. The minimum absolute atomic E-state index is 0.251. The summed E-state index contributed by atoms with van der Waals surface area (Å²) < 4.78 is 5.89. The van der Waals surface area contributed by atoms with Crippen LogP contribution >= 0.6 is 11.6 Å². The maximum absolute atomic E-state index is 5.89. The van der Waals surface area contributed by atoms with Crippen LogP contribution in [0.1, 0.15) is 27.7 Å². The SMILES string of the molecule is C=N/C(Cl)=C\C=C(/C)N1CCOC2CN(C(=C)C)CC21.CC. The van der Waals surface area contributed by atoms with Crippen molar-refractivity contribution in [1.82, 2.24) is 9.80 Å². The van der Waals surface area contributed by atoms with Gasteiger partial charge in [-0.3, -0.25) is 4.99 Å². The van der Waals surface area contributed by atoms with Crippen LogP contribution in [-0.2, 0) is 4.74 Å². The number of rotatable bonds is 4. The summed E-state index contributed by atoms with van der Waals surface area (Å²) in [6.45, 7) is 19.1. The van der Waals surface area contributed by atoms with E-state index in [-0.39, 0.29) is 6.10 Å². The molecule has 2 atom stereocenters. The van der Waals surface area contributed by atoms with Gasteiger partial charge in [0.1, 0.15) is 5.16 Å². The molecule has 0 saturated carbocycles. The van der Waals surface area contributed by atoms with Gasteiger partial charge in [-0.15, -0.1) is 0 Å². The lowest BCUT2D eigenvalue weighted by Crippen LogP contribution is -2.49. The first kappa shape index (κ1) is 18.8. The molecule has 2 fully saturated rings. The Morgan fingerprint density at radius 2 is 1.95 bits per heavy atom. The van der Waals surface area contributed by atoms with Crippen molar-refractivity contribution in [3.05, 3.63) is 35.3 Å². The molecule has 0 N–H and O–H groups in total. The van der Waals surface area contributed by atoms with Crippen molar-refractivity contribution in [2.45, 2.75) is 39.8 Å². The molecule has 0 bridgehead atoms. The van der Waals surface area contributed by atoms with Crippen LogP contribution in [0.2, 0.25) is 0 Å². The van der Waals surface area contributed by atoms with Crippen LogP contribution < -0.4 is 0 Å². The number of hydrogen-bond acceptors (Lipinski definition) is 4. The van der Waals surface area contributed by atoms with Gasteiger partial charge in [-0.2, -0.15) is 0 Å². The highest BCUT2D eigenvalue weighted by Gasteiger charge is 2.39. The number of ether oxygens (including phenoxy) is 1. The molecule has 0 radical (unpaired) electrons. The van der Waals surface area contributed by atoms with Gasteiger partial charge < -0.3 is 14.5 Å². The number of aliphatic imine (C=N–C) groups is 1. The van der Waals surface area contributed by atoms with Crippen molar-refractivity contribution < 1.29 is 4.74 Å². The fourth-order valence-electron chi connectivity index (χ4n) is 2.78. The van der Waals surface area contributed by atoms with Gasteiger partial charge in [-0.25, -0.2) is 0 Å². The Morgan fingerprint density at radius 1 is 1.27 bits per heavy atom. The van der Waals surface area contributed by atoms with E-state index in [9.17, 15) is 0 Å². The van der Waals surface area contributed by atoms with E-state index in [1.54, 1.807) is 6.08 Å². The fraction of sp³-hybridized carbons (Fsp3) is 0.588. The standard InChI is InChI=1S/C15H22ClN3O.C2H6/c1-11(2)18-9-13-14(10-18)20-8-7-19(13)12(3)5-6-15(16)17-4;1-2/h5-6,13-14H,1,4,7-10H2,2-3H3;1-2H3/b12-5+,15-6-;. The highest BCUT2D eigenvalue weighted by molar-refractivity contribution is 6.29. The molecule has 0 aromatic rings. The number of allylic oxidation sites excluding steroid dienone is 4. The average molecular weight is 326 g/mol. The van der Waals surface area contributed by atoms with Gasteiger partial charge in [0.2, 0.25) is 0 Å². The minimum Gasteiger partial charge on any atom is -0.372 e. The van der Waals surface area contributed by atoms with Crippen LogP contribution in [0.4, 0.5) is 0 Å². The zero-order valence-corrected chi connectivity index (χ0v) is 14.9. The molecule has 0 amide bonds. The van der Waals surface area contributed by atoms with Crippen LogP contribution in [0.3, 0.4) is 0 Å². The molecule has 5 heteroatoms. The van der Waals surface area contributed by atoms with Gasteiger partial charge in [0.25, 0.3) is 0 Å². The monoisotopic (exact) mass is 325 g/mol. The molecule has 2 unspecified atom stereocenters. The zero-order valence-electron chi connectivity index (χ0n) is 14.2. The normalized spacial score (nSPS) is 25.3. The van der Waals surface area contributed by atoms with E-state index in [1.165, 1.54) is 5.70 Å². The summed E-state index contributed by atoms with van der Waals surface area (Å²) in [7, 11) is 0. The van der Waals surface area contributed by atoms with Crippen molar-refractivity contribution in [3.63, 3.8) is 0 Å². The summed E-state index contributed by atoms with van der Waals surface area (Å²) in [6.07, 6.45) is 4.02. The summed E-state index contributed by atoms with van der Waals surface area (Å²) >= 11 is 5.85. The molecule has 0 aromatic heterocycles. The summed E-state index contributed by atoms with van der Waals surface area (Å²) in [5.41, 5.74) is 2.28. The largest absolute Gasteiger partial charge is 0.372 e. The first-order valence-electron chi connectivity index (χ1n) is 7.82. The van der Waals surface area contributed by atoms with Gasteiger partial charge in [-0.05, 0) is 32.7 Å². The third-order valence-electron chi connectivity index (χ3n) is 3.91. The molecular weight excluding hydrogens is 298 g/mol. The predicted molar refractivity (Wildman–Crippen MR) is 95.2 cm³/mol. The van der Waals surface area contributed by atoms with E-state index >= 15 is 0 Å². The van der Waals surface area contributed by atoms with Crippen molar-refractivity contribution >= 4 is 18.3 Å². The third kappa shape index (κ3) is 4.62. The predicted octanol–water partition coefficient (Wildman–Crippen LogP) is 3.62. The smallest absolute Gasteiger partial charge is 0.128 e. The lowest BCUT2D eigenvalue weighted by molar-refractivity contribution is -0.0335. The van der Waals surface area contributed by atoms with Gasteiger partial charge in [0.15, 0.2) is 0 Å². The van der Waals surface area contributed by atoms with Crippen LogP contribution in [0.25, 0.3) is 0 Å². The van der Waals surface area contributed by atoms with Crippen LogP contribution in [0.15, 0.2) is 40.3 Å². The molecule has 22 heavy (non-hydrogen) atoms. The maximum Gasteiger partial charge on any atom is 0.128 e. The molecular formula is C17H28ClN3O. The highest BCUT2D eigenvalue weighted by Crippen LogP contribution is 2.27. The summed E-state index contributed by atoms with van der Waals surface area (Å²) in [4.78, 5) is 8.35. The molecule has 2 rings (SSSR count). The quantitative estimate of drug-likeness (QED) is 0.449. The fourth-order valence-corrected chi connectivity index (χ4v) is 2.84. The summed E-state index contributed by atoms with van der Waals surface area (Å²) in [5, 5.41) is 0.407. The number of likely N-dealkylation sites (tertiary alicyclic amines) is 1. The third-order valence-corrected chi connectivity index (χ3v) is 4.15. The highest BCUT2D eigenvalue weighted by atomic mass is 35.5. The van der Waals surface area contributed by atoms with Crippen molar-refractivity contribution in [2.24, 2.45) is 4.99 Å². The van der Waals surface area contributed by atoms with Gasteiger partial charge in [0.05, 0.1) is 18.8 Å². The van der Waals surface area contributed by atoms with E-state index in [4.69, 9.17) is 16.3 Å². The van der Waals surface area contributed by atoms with Crippen molar-refractivity contribution in [2.75, 3.05) is 26.2 Å². The first-order valence-corrected chi connectivity index (χ1v) is 8.20. The number of morpholine rings is 1. The zero-order chi connectivity index (χ0) is 16.7. The molecule has 0 spiro atoms. The Hall–Kier alpha value is -1.26. The summed E-state index contributed by atoms with van der Waals surface area (Å²) in [6, 6.07) is 0.376. The van der Waals surface area contributed by atoms with Gasteiger partial charge in [-0.1, -0.05) is 32.0 Å². The van der Waals surface area contributed by atoms with E-state index < -0.39 is 0 Å². The molecule has 0 aromatic carbocycles. The second-order valence-electron chi connectivity index (χ2n) is 5.27. The molecule has 4 nitrogen and oxygen atoms in total. The topological polar surface area (TPSA) is 28.1 Å². The van der Waals surface area contributed by atoms with E-state index in [2.05, 4.69) is 35.0 Å². The summed E-state index contributed by atoms with van der Waals surface area (Å²) in [5.74, 6) is 0. The number of fused-ring (bicyclic) bond motifs is 1. The molecule has 2 heterocycles. The van der Waals surface area contributed by atoms with E-state index in [0.717, 1.165) is 31.9 Å². The van der Waals surface area contributed by atoms with Gasteiger partial charge >= 0.3 is 0 Å².